The maximum absolute atomic E-state index is 4.69. The Morgan fingerprint density at radius 2 is 1.95 bits per heavy atom. The lowest BCUT2D eigenvalue weighted by molar-refractivity contribution is 0.725. The van der Waals surface area contributed by atoms with Gasteiger partial charge in [-0.2, -0.15) is 0 Å². The zero-order valence-electron chi connectivity index (χ0n) is 13.4. The molecule has 2 aromatic rings. The normalized spacial score (nSPS) is 22.3. The quantitative estimate of drug-likeness (QED) is 0.938. The minimum atomic E-state index is 0.373. The van der Waals surface area contributed by atoms with E-state index in [-0.39, 0.29) is 0 Å². The highest BCUT2D eigenvalue weighted by Crippen LogP contribution is 2.51. The maximum atomic E-state index is 4.69. The lowest BCUT2D eigenvalue weighted by Crippen LogP contribution is -2.28. The molecule has 1 aromatic heterocycles. The van der Waals surface area contributed by atoms with Crippen LogP contribution >= 0.6 is 0 Å². The van der Waals surface area contributed by atoms with Crippen LogP contribution < -0.4 is 10.2 Å². The first-order valence-corrected chi connectivity index (χ1v) is 8.09. The summed E-state index contributed by atoms with van der Waals surface area (Å²) < 4.78 is 0. The topological polar surface area (TPSA) is 41.1 Å². The van der Waals surface area contributed by atoms with Gasteiger partial charge in [-0.3, -0.25) is 0 Å². The molecular weight excluding hydrogens is 272 g/mol. The monoisotopic (exact) mass is 294 g/mol. The number of aromatic nitrogens is 2. The van der Waals surface area contributed by atoms with E-state index in [0.717, 1.165) is 24.0 Å². The standard InChI is InChI=1S/C18H22N4/c1-11(2)19-17-9-18(21-12(3)20-17)22-10-13-8-16(22)15-7-5-4-6-14(13)15/h4-7,9,11,13,16H,8,10H2,1-3H3,(H,19,20,21)/t13-,16+/m1/s1. The van der Waals surface area contributed by atoms with Crippen LogP contribution in [0.3, 0.4) is 0 Å². The van der Waals surface area contributed by atoms with Gasteiger partial charge >= 0.3 is 0 Å². The van der Waals surface area contributed by atoms with Crippen molar-refractivity contribution < 1.29 is 0 Å². The van der Waals surface area contributed by atoms with Crippen molar-refractivity contribution >= 4 is 11.6 Å². The molecule has 2 bridgehead atoms. The number of anilines is 2. The van der Waals surface area contributed by atoms with Crippen LogP contribution in [0.25, 0.3) is 0 Å². The third-order valence-corrected chi connectivity index (χ3v) is 4.65. The second kappa shape index (κ2) is 4.97. The van der Waals surface area contributed by atoms with Gasteiger partial charge in [0.25, 0.3) is 0 Å². The molecule has 1 saturated heterocycles. The molecular formula is C18H22N4. The molecule has 0 spiro atoms. The summed E-state index contributed by atoms with van der Waals surface area (Å²) in [6.07, 6.45) is 1.22. The molecule has 0 saturated carbocycles. The van der Waals surface area contributed by atoms with E-state index < -0.39 is 0 Å². The number of fused-ring (bicyclic) bond motifs is 5. The smallest absolute Gasteiger partial charge is 0.134 e. The predicted molar refractivity (Wildman–Crippen MR) is 89.4 cm³/mol. The van der Waals surface area contributed by atoms with Gasteiger partial charge in [-0.15, -0.1) is 0 Å². The largest absolute Gasteiger partial charge is 0.368 e. The summed E-state index contributed by atoms with van der Waals surface area (Å²) in [4.78, 5) is 11.6. The molecule has 2 atom stereocenters. The number of benzene rings is 1. The summed E-state index contributed by atoms with van der Waals surface area (Å²) in [5, 5.41) is 3.39. The fourth-order valence-corrected chi connectivity index (χ4v) is 3.86. The molecule has 1 aliphatic carbocycles. The number of nitrogens with zero attached hydrogens (tertiary/aromatic N) is 3. The van der Waals surface area contributed by atoms with Gasteiger partial charge in [-0.25, -0.2) is 9.97 Å². The van der Waals surface area contributed by atoms with Crippen molar-refractivity contribution in [3.63, 3.8) is 0 Å². The first kappa shape index (κ1) is 13.6. The van der Waals surface area contributed by atoms with Gasteiger partial charge in [-0.05, 0) is 38.3 Å². The molecule has 0 unspecified atom stereocenters. The molecule has 4 heteroatoms. The fraction of sp³-hybridized carbons (Fsp3) is 0.444. The summed E-state index contributed by atoms with van der Waals surface area (Å²) in [5.41, 5.74) is 3.02. The minimum absolute atomic E-state index is 0.373. The molecule has 2 heterocycles. The van der Waals surface area contributed by atoms with Crippen LogP contribution in [-0.2, 0) is 0 Å². The van der Waals surface area contributed by atoms with Crippen molar-refractivity contribution in [3.05, 3.63) is 47.3 Å². The SMILES string of the molecule is Cc1nc(NC(C)C)cc(N2C[C@H]3C[C@H]2c2ccccc23)n1. The Kier molecular flexibility index (Phi) is 3.06. The molecule has 114 valence electrons. The molecule has 0 radical (unpaired) electrons. The predicted octanol–water partition coefficient (Wildman–Crippen LogP) is 3.65. The molecule has 1 N–H and O–H groups in total. The van der Waals surface area contributed by atoms with Crippen LogP contribution in [0.5, 0.6) is 0 Å². The van der Waals surface area contributed by atoms with E-state index in [9.17, 15) is 0 Å². The van der Waals surface area contributed by atoms with Crippen molar-refractivity contribution in [1.29, 1.82) is 0 Å². The van der Waals surface area contributed by atoms with Crippen LogP contribution in [0.2, 0.25) is 0 Å². The molecule has 1 aromatic carbocycles. The minimum Gasteiger partial charge on any atom is -0.368 e. The van der Waals surface area contributed by atoms with E-state index in [1.54, 1.807) is 0 Å². The Morgan fingerprint density at radius 1 is 1.18 bits per heavy atom. The Hall–Kier alpha value is -2.10. The van der Waals surface area contributed by atoms with Gasteiger partial charge in [0.2, 0.25) is 0 Å². The lowest BCUT2D eigenvalue weighted by atomic mass is 9.99. The summed E-state index contributed by atoms with van der Waals surface area (Å²) in [6, 6.07) is 11.8. The van der Waals surface area contributed by atoms with E-state index in [4.69, 9.17) is 0 Å². The first-order chi connectivity index (χ1) is 10.6. The third kappa shape index (κ3) is 2.14. The number of hydrogen-bond acceptors (Lipinski definition) is 4. The molecule has 1 aliphatic heterocycles. The average molecular weight is 294 g/mol. The van der Waals surface area contributed by atoms with Crippen molar-refractivity contribution in [2.24, 2.45) is 0 Å². The van der Waals surface area contributed by atoms with Crippen molar-refractivity contribution in [2.45, 2.75) is 45.2 Å². The highest BCUT2D eigenvalue weighted by molar-refractivity contribution is 5.57. The Bertz CT molecular complexity index is 710. The highest BCUT2D eigenvalue weighted by atomic mass is 15.3. The van der Waals surface area contributed by atoms with Crippen LogP contribution in [0.1, 0.15) is 49.2 Å². The summed E-state index contributed by atoms with van der Waals surface area (Å²) in [5.74, 6) is 3.46. The Morgan fingerprint density at radius 3 is 2.73 bits per heavy atom. The van der Waals surface area contributed by atoms with Crippen LogP contribution in [0.4, 0.5) is 11.6 Å². The number of hydrogen-bond donors (Lipinski definition) is 1. The average Bonchev–Trinajstić information content (AvgIpc) is 3.05. The Balaban J connectivity index is 1.68. The number of nitrogens with one attached hydrogen (secondary N) is 1. The van der Waals surface area contributed by atoms with Crippen molar-refractivity contribution in [2.75, 3.05) is 16.8 Å². The second-order valence-electron chi connectivity index (χ2n) is 6.69. The van der Waals surface area contributed by atoms with Crippen LogP contribution in [0, 0.1) is 6.92 Å². The van der Waals surface area contributed by atoms with Gasteiger partial charge in [0.1, 0.15) is 17.5 Å². The molecule has 1 fully saturated rings. The zero-order valence-corrected chi connectivity index (χ0v) is 13.4. The van der Waals surface area contributed by atoms with Gasteiger partial charge < -0.3 is 10.2 Å². The summed E-state index contributed by atoms with van der Waals surface area (Å²) in [6.45, 7) is 7.30. The molecule has 2 aliphatic rings. The van der Waals surface area contributed by atoms with Crippen LogP contribution in [-0.4, -0.2) is 22.6 Å². The first-order valence-electron chi connectivity index (χ1n) is 8.09. The van der Waals surface area contributed by atoms with E-state index in [0.29, 0.717) is 18.0 Å². The summed E-state index contributed by atoms with van der Waals surface area (Å²) in [7, 11) is 0. The molecule has 22 heavy (non-hydrogen) atoms. The van der Waals surface area contributed by atoms with Gasteiger partial charge in [0.05, 0.1) is 6.04 Å². The fourth-order valence-electron chi connectivity index (χ4n) is 3.86. The highest BCUT2D eigenvalue weighted by Gasteiger charge is 2.42. The zero-order chi connectivity index (χ0) is 15.3. The lowest BCUT2D eigenvalue weighted by Gasteiger charge is -2.30. The number of rotatable bonds is 3. The van der Waals surface area contributed by atoms with E-state index in [2.05, 4.69) is 64.4 Å². The van der Waals surface area contributed by atoms with Gasteiger partial charge in [-0.1, -0.05) is 24.3 Å². The maximum Gasteiger partial charge on any atom is 0.134 e. The number of aryl methyl sites for hydroxylation is 1. The summed E-state index contributed by atoms with van der Waals surface area (Å²) >= 11 is 0. The van der Waals surface area contributed by atoms with Crippen LogP contribution in [0.15, 0.2) is 30.3 Å². The molecule has 4 rings (SSSR count). The van der Waals surface area contributed by atoms with E-state index in [1.807, 2.05) is 6.92 Å². The molecule has 4 nitrogen and oxygen atoms in total. The molecule has 0 amide bonds. The van der Waals surface area contributed by atoms with Gasteiger partial charge in [0.15, 0.2) is 0 Å². The van der Waals surface area contributed by atoms with Crippen molar-refractivity contribution in [1.82, 2.24) is 9.97 Å². The Labute approximate surface area is 131 Å². The van der Waals surface area contributed by atoms with Gasteiger partial charge in [0, 0.05) is 24.6 Å². The van der Waals surface area contributed by atoms with E-state index >= 15 is 0 Å². The second-order valence-corrected chi connectivity index (χ2v) is 6.69. The third-order valence-electron chi connectivity index (χ3n) is 4.65. The van der Waals surface area contributed by atoms with E-state index in [1.165, 1.54) is 17.5 Å². The van der Waals surface area contributed by atoms with Crippen molar-refractivity contribution in [3.8, 4) is 0 Å².